The van der Waals surface area contributed by atoms with E-state index in [1.807, 2.05) is 24.3 Å². The molecule has 0 unspecified atom stereocenters. The number of hydrogen-bond donors (Lipinski definition) is 0. The summed E-state index contributed by atoms with van der Waals surface area (Å²) in [6.07, 6.45) is 1.12. The monoisotopic (exact) mass is 346 g/mol. The number of carbonyl (C=O) groups excluding carboxylic acids is 1. The van der Waals surface area contributed by atoms with Crippen LogP contribution in [0.5, 0.6) is 0 Å². The molecule has 0 N–H and O–H groups in total. The number of sulfone groups is 1. The number of nitrogens with zero attached hydrogens (tertiary/aromatic N) is 2. The molecule has 2 aromatic carbocycles. The number of hydrogen-bond acceptors (Lipinski definition) is 5. The Morgan fingerprint density at radius 3 is 2.57 bits per heavy atom. The molecule has 0 saturated heterocycles. The number of amides is 1. The number of benzene rings is 2. The first-order valence-corrected chi connectivity index (χ1v) is 9.51. The van der Waals surface area contributed by atoms with Crippen LogP contribution in [-0.2, 0) is 9.84 Å². The van der Waals surface area contributed by atoms with Crippen LogP contribution in [0.1, 0.15) is 10.4 Å². The first kappa shape index (κ1) is 15.6. The number of thiazole rings is 1. The van der Waals surface area contributed by atoms with Crippen molar-refractivity contribution in [3.05, 3.63) is 54.1 Å². The Bertz CT molecular complexity index is 960. The maximum absolute atomic E-state index is 12.6. The van der Waals surface area contributed by atoms with Crippen LogP contribution in [0.15, 0.2) is 53.4 Å². The van der Waals surface area contributed by atoms with E-state index < -0.39 is 9.84 Å². The first-order chi connectivity index (χ1) is 10.9. The van der Waals surface area contributed by atoms with Gasteiger partial charge >= 0.3 is 0 Å². The molecular formula is C16H14N2O3S2. The first-order valence-electron chi connectivity index (χ1n) is 6.80. The molecule has 0 spiro atoms. The molecule has 1 amide bonds. The van der Waals surface area contributed by atoms with Crippen molar-refractivity contribution in [1.82, 2.24) is 4.98 Å². The molecule has 0 aliphatic heterocycles. The molecule has 3 rings (SSSR count). The minimum Gasteiger partial charge on any atom is -0.287 e. The van der Waals surface area contributed by atoms with Crippen LogP contribution in [0.2, 0.25) is 0 Å². The van der Waals surface area contributed by atoms with Gasteiger partial charge in [0.2, 0.25) is 0 Å². The molecule has 0 radical (unpaired) electrons. The van der Waals surface area contributed by atoms with E-state index in [1.54, 1.807) is 19.2 Å². The zero-order valence-corrected chi connectivity index (χ0v) is 14.2. The number of para-hydroxylation sites is 1. The molecule has 0 aliphatic rings. The molecule has 0 fully saturated rings. The highest BCUT2D eigenvalue weighted by Gasteiger charge is 2.18. The second-order valence-corrected chi connectivity index (χ2v) is 8.15. The molecule has 118 valence electrons. The van der Waals surface area contributed by atoms with E-state index in [0.29, 0.717) is 10.7 Å². The van der Waals surface area contributed by atoms with Crippen molar-refractivity contribution in [2.24, 2.45) is 0 Å². The van der Waals surface area contributed by atoms with E-state index in [2.05, 4.69) is 4.98 Å². The van der Waals surface area contributed by atoms with Gasteiger partial charge in [-0.05, 0) is 30.3 Å². The van der Waals surface area contributed by atoms with E-state index in [0.717, 1.165) is 16.5 Å². The smallest absolute Gasteiger partial charge is 0.259 e. The van der Waals surface area contributed by atoms with Crippen molar-refractivity contribution >= 4 is 42.4 Å². The second-order valence-electron chi connectivity index (χ2n) is 5.13. The van der Waals surface area contributed by atoms with Gasteiger partial charge in [0.05, 0.1) is 15.1 Å². The summed E-state index contributed by atoms with van der Waals surface area (Å²) in [5.74, 6) is -0.297. The summed E-state index contributed by atoms with van der Waals surface area (Å²) in [5.41, 5.74) is 1.15. The van der Waals surface area contributed by atoms with Crippen LogP contribution in [0, 0.1) is 0 Å². The van der Waals surface area contributed by atoms with Gasteiger partial charge in [-0.25, -0.2) is 13.4 Å². The van der Waals surface area contributed by atoms with Gasteiger partial charge in [0.1, 0.15) is 0 Å². The fraction of sp³-hybridized carbons (Fsp3) is 0.125. The molecule has 0 saturated carbocycles. The van der Waals surface area contributed by atoms with Crippen LogP contribution < -0.4 is 4.90 Å². The van der Waals surface area contributed by atoms with Crippen molar-refractivity contribution in [2.45, 2.75) is 4.90 Å². The maximum atomic E-state index is 12.6. The number of anilines is 1. The van der Waals surface area contributed by atoms with Gasteiger partial charge in [0.25, 0.3) is 5.91 Å². The van der Waals surface area contributed by atoms with Gasteiger partial charge in [-0.3, -0.25) is 9.69 Å². The van der Waals surface area contributed by atoms with Gasteiger partial charge < -0.3 is 0 Å². The molecule has 23 heavy (non-hydrogen) atoms. The molecule has 0 bridgehead atoms. The molecule has 1 aromatic heterocycles. The number of fused-ring (bicyclic) bond motifs is 1. The Labute approximate surface area is 138 Å². The summed E-state index contributed by atoms with van der Waals surface area (Å²) >= 11 is 1.41. The van der Waals surface area contributed by atoms with Crippen LogP contribution >= 0.6 is 11.3 Å². The lowest BCUT2D eigenvalue weighted by Gasteiger charge is -2.14. The van der Waals surface area contributed by atoms with Crippen molar-refractivity contribution in [2.75, 3.05) is 18.2 Å². The summed E-state index contributed by atoms with van der Waals surface area (Å²) in [6.45, 7) is 0. The highest BCUT2D eigenvalue weighted by molar-refractivity contribution is 7.90. The Morgan fingerprint density at radius 1 is 1.13 bits per heavy atom. The van der Waals surface area contributed by atoms with Crippen molar-refractivity contribution in [3.8, 4) is 0 Å². The number of carbonyl (C=O) groups is 1. The number of rotatable bonds is 3. The topological polar surface area (TPSA) is 67.3 Å². The molecule has 5 nitrogen and oxygen atoms in total. The average molecular weight is 346 g/mol. The Kier molecular flexibility index (Phi) is 3.91. The SMILES string of the molecule is CN(C(=O)c1cccc(S(C)(=O)=O)c1)c1nc2ccccc2s1. The maximum Gasteiger partial charge on any atom is 0.259 e. The minimum absolute atomic E-state index is 0.126. The Balaban J connectivity index is 1.96. The highest BCUT2D eigenvalue weighted by atomic mass is 32.2. The van der Waals surface area contributed by atoms with E-state index in [4.69, 9.17) is 0 Å². The van der Waals surface area contributed by atoms with E-state index in [1.165, 1.54) is 28.4 Å². The second kappa shape index (κ2) is 5.75. The van der Waals surface area contributed by atoms with Crippen LogP contribution in [-0.4, -0.2) is 32.6 Å². The molecule has 3 aromatic rings. The van der Waals surface area contributed by atoms with Crippen molar-refractivity contribution in [1.29, 1.82) is 0 Å². The van der Waals surface area contributed by atoms with Gasteiger partial charge in [0, 0.05) is 18.9 Å². The van der Waals surface area contributed by atoms with E-state index in [-0.39, 0.29) is 10.8 Å². The third-order valence-electron chi connectivity index (χ3n) is 3.38. The average Bonchev–Trinajstić information content (AvgIpc) is 2.97. The Hall–Kier alpha value is -2.25. The molecule has 0 aliphatic carbocycles. The summed E-state index contributed by atoms with van der Waals surface area (Å²) < 4.78 is 24.3. The molecule has 7 heteroatoms. The predicted molar refractivity (Wildman–Crippen MR) is 91.9 cm³/mol. The number of aromatic nitrogens is 1. The zero-order chi connectivity index (χ0) is 16.6. The van der Waals surface area contributed by atoms with Gasteiger partial charge in [-0.15, -0.1) is 0 Å². The fourth-order valence-corrected chi connectivity index (χ4v) is 3.74. The van der Waals surface area contributed by atoms with Crippen LogP contribution in [0.4, 0.5) is 5.13 Å². The summed E-state index contributed by atoms with van der Waals surface area (Å²) in [4.78, 5) is 18.6. The van der Waals surface area contributed by atoms with Gasteiger partial charge in [-0.1, -0.05) is 29.5 Å². The highest BCUT2D eigenvalue weighted by Crippen LogP contribution is 2.28. The van der Waals surface area contributed by atoms with E-state index in [9.17, 15) is 13.2 Å². The standard InChI is InChI=1S/C16H14N2O3S2/c1-18(16-17-13-8-3-4-9-14(13)22-16)15(19)11-6-5-7-12(10-11)23(2,20)21/h3-10H,1-2H3. The molecule has 0 atom stereocenters. The minimum atomic E-state index is -3.35. The summed E-state index contributed by atoms with van der Waals surface area (Å²) in [5, 5.41) is 0.570. The lowest BCUT2D eigenvalue weighted by Crippen LogP contribution is -2.26. The Morgan fingerprint density at radius 2 is 1.87 bits per heavy atom. The third-order valence-corrected chi connectivity index (χ3v) is 5.61. The summed E-state index contributed by atoms with van der Waals surface area (Å²) in [7, 11) is -1.72. The van der Waals surface area contributed by atoms with Crippen LogP contribution in [0.3, 0.4) is 0 Å². The van der Waals surface area contributed by atoms with Gasteiger partial charge in [-0.2, -0.15) is 0 Å². The lowest BCUT2D eigenvalue weighted by molar-refractivity contribution is 0.0993. The van der Waals surface area contributed by atoms with E-state index >= 15 is 0 Å². The molecular weight excluding hydrogens is 332 g/mol. The lowest BCUT2D eigenvalue weighted by atomic mass is 10.2. The predicted octanol–water partition coefficient (Wildman–Crippen LogP) is 2.98. The molecule has 1 heterocycles. The van der Waals surface area contributed by atoms with Crippen LogP contribution in [0.25, 0.3) is 10.2 Å². The summed E-state index contributed by atoms with van der Waals surface area (Å²) in [6, 6.07) is 13.7. The zero-order valence-electron chi connectivity index (χ0n) is 12.6. The largest absolute Gasteiger partial charge is 0.287 e. The quantitative estimate of drug-likeness (QED) is 0.731. The third kappa shape index (κ3) is 3.11. The van der Waals surface area contributed by atoms with Crippen molar-refractivity contribution < 1.29 is 13.2 Å². The van der Waals surface area contributed by atoms with Crippen molar-refractivity contribution in [3.63, 3.8) is 0 Å². The fourth-order valence-electron chi connectivity index (χ4n) is 2.14. The van der Waals surface area contributed by atoms with Gasteiger partial charge in [0.15, 0.2) is 15.0 Å². The normalized spacial score (nSPS) is 11.6.